The molecule has 0 saturated heterocycles. The van der Waals surface area contributed by atoms with E-state index in [1.807, 2.05) is 11.3 Å². The first-order valence-corrected chi connectivity index (χ1v) is 9.98. The molecule has 1 aromatic heterocycles. The van der Waals surface area contributed by atoms with E-state index < -0.39 is 0 Å². The molecule has 1 aliphatic carbocycles. The molecule has 1 saturated carbocycles. The molecule has 3 heteroatoms. The number of hydrogen-bond acceptors (Lipinski definition) is 2. The van der Waals surface area contributed by atoms with Gasteiger partial charge in [0.2, 0.25) is 0 Å². The lowest BCUT2D eigenvalue weighted by molar-refractivity contribution is 0.114. The highest BCUT2D eigenvalue weighted by molar-refractivity contribution is 9.11. The van der Waals surface area contributed by atoms with Crippen molar-refractivity contribution in [2.24, 2.45) is 17.3 Å². The van der Waals surface area contributed by atoms with Crippen molar-refractivity contribution in [3.05, 3.63) is 20.8 Å². The van der Waals surface area contributed by atoms with Gasteiger partial charge in [0.15, 0.2) is 0 Å². The molecular formula is C18H30BrNS. The van der Waals surface area contributed by atoms with E-state index in [4.69, 9.17) is 0 Å². The van der Waals surface area contributed by atoms with E-state index in [0.717, 1.165) is 18.4 Å². The molecule has 1 fully saturated rings. The third-order valence-corrected chi connectivity index (χ3v) is 6.60. The fourth-order valence-corrected chi connectivity index (χ4v) is 5.17. The maximum atomic E-state index is 3.81. The van der Waals surface area contributed by atoms with Crippen LogP contribution in [0.1, 0.15) is 58.3 Å². The van der Waals surface area contributed by atoms with Crippen molar-refractivity contribution in [3.8, 4) is 0 Å². The van der Waals surface area contributed by atoms with Crippen molar-refractivity contribution in [1.82, 2.24) is 5.32 Å². The molecule has 1 N–H and O–H groups in total. The summed E-state index contributed by atoms with van der Waals surface area (Å²) in [4.78, 5) is 1.53. The van der Waals surface area contributed by atoms with Crippen LogP contribution in [-0.4, -0.2) is 12.6 Å². The van der Waals surface area contributed by atoms with Gasteiger partial charge in [-0.1, -0.05) is 27.7 Å². The second kappa shape index (κ2) is 7.61. The van der Waals surface area contributed by atoms with Gasteiger partial charge in [-0.2, -0.15) is 0 Å². The molecule has 1 heterocycles. The lowest BCUT2D eigenvalue weighted by Crippen LogP contribution is -2.44. The summed E-state index contributed by atoms with van der Waals surface area (Å²) in [5.74, 6) is 1.66. The van der Waals surface area contributed by atoms with Gasteiger partial charge in [-0.25, -0.2) is 0 Å². The molecule has 2 rings (SSSR count). The van der Waals surface area contributed by atoms with E-state index in [-0.39, 0.29) is 0 Å². The molecule has 3 unspecified atom stereocenters. The Morgan fingerprint density at radius 3 is 2.62 bits per heavy atom. The van der Waals surface area contributed by atoms with Crippen LogP contribution in [0.4, 0.5) is 0 Å². The molecule has 120 valence electrons. The SMILES string of the molecule is CCCNC1CCC(C(C)(C)C)CC1Cc1ccc(Br)s1. The Labute approximate surface area is 143 Å². The van der Waals surface area contributed by atoms with Crippen molar-refractivity contribution < 1.29 is 0 Å². The largest absolute Gasteiger partial charge is 0.314 e. The Bertz CT molecular complexity index is 435. The number of halogens is 1. The Morgan fingerprint density at radius 2 is 2.05 bits per heavy atom. The second-order valence-corrected chi connectivity index (χ2v) is 10.2. The van der Waals surface area contributed by atoms with Crippen LogP contribution < -0.4 is 5.32 Å². The molecule has 1 nitrogen and oxygen atoms in total. The third kappa shape index (κ3) is 5.07. The highest BCUT2D eigenvalue weighted by Crippen LogP contribution is 2.42. The molecule has 0 spiro atoms. The van der Waals surface area contributed by atoms with Gasteiger partial charge in [0.05, 0.1) is 3.79 Å². The summed E-state index contributed by atoms with van der Waals surface area (Å²) in [5, 5.41) is 3.81. The molecule has 21 heavy (non-hydrogen) atoms. The van der Waals surface area contributed by atoms with E-state index in [0.29, 0.717) is 11.5 Å². The average Bonchev–Trinajstić information content (AvgIpc) is 2.81. The molecule has 0 radical (unpaired) electrons. The lowest BCUT2D eigenvalue weighted by Gasteiger charge is -2.42. The molecule has 0 amide bonds. The van der Waals surface area contributed by atoms with Crippen LogP contribution in [0.15, 0.2) is 15.9 Å². The highest BCUT2D eigenvalue weighted by atomic mass is 79.9. The van der Waals surface area contributed by atoms with Gasteiger partial charge >= 0.3 is 0 Å². The average molecular weight is 372 g/mol. The molecule has 0 bridgehead atoms. The first kappa shape index (κ1) is 17.5. The normalized spacial score (nSPS) is 27.0. The molecule has 0 aromatic carbocycles. The first-order chi connectivity index (χ1) is 9.90. The van der Waals surface area contributed by atoms with Crippen LogP contribution in [0.25, 0.3) is 0 Å². The summed E-state index contributed by atoms with van der Waals surface area (Å²) >= 11 is 5.51. The van der Waals surface area contributed by atoms with Crippen molar-refractivity contribution >= 4 is 27.3 Å². The summed E-state index contributed by atoms with van der Waals surface area (Å²) in [6.07, 6.45) is 6.58. The minimum Gasteiger partial charge on any atom is -0.314 e. The molecule has 3 atom stereocenters. The van der Waals surface area contributed by atoms with Crippen LogP contribution in [0, 0.1) is 17.3 Å². The van der Waals surface area contributed by atoms with Crippen LogP contribution >= 0.6 is 27.3 Å². The van der Waals surface area contributed by atoms with Crippen LogP contribution in [0.5, 0.6) is 0 Å². The Balaban J connectivity index is 2.05. The minimum atomic E-state index is 0.448. The summed E-state index contributed by atoms with van der Waals surface area (Å²) in [6.45, 7) is 10.7. The van der Waals surface area contributed by atoms with Crippen molar-refractivity contribution in [1.29, 1.82) is 0 Å². The van der Waals surface area contributed by atoms with E-state index in [2.05, 4.69) is 61.1 Å². The molecule has 1 aromatic rings. The maximum Gasteiger partial charge on any atom is 0.0701 e. The standard InChI is InChI=1S/C18H30BrNS/c1-5-10-20-16-8-6-14(18(2,3)4)11-13(16)12-15-7-9-17(19)21-15/h7,9,13-14,16,20H,5-6,8,10-12H2,1-4H3. The van der Waals surface area contributed by atoms with E-state index in [9.17, 15) is 0 Å². The quantitative estimate of drug-likeness (QED) is 0.680. The summed E-state index contributed by atoms with van der Waals surface area (Å²) < 4.78 is 1.26. The Morgan fingerprint density at radius 1 is 1.29 bits per heavy atom. The predicted molar refractivity (Wildman–Crippen MR) is 98.1 cm³/mol. The summed E-state index contributed by atoms with van der Waals surface area (Å²) in [7, 11) is 0. The zero-order chi connectivity index (χ0) is 15.5. The monoisotopic (exact) mass is 371 g/mol. The van der Waals surface area contributed by atoms with Gasteiger partial charge in [0, 0.05) is 10.9 Å². The van der Waals surface area contributed by atoms with E-state index >= 15 is 0 Å². The lowest BCUT2D eigenvalue weighted by atomic mass is 9.66. The Hall–Kier alpha value is 0.140. The minimum absolute atomic E-state index is 0.448. The van der Waals surface area contributed by atoms with Gasteiger partial charge in [0.1, 0.15) is 0 Å². The van der Waals surface area contributed by atoms with Crippen molar-refractivity contribution in [2.75, 3.05) is 6.54 Å². The topological polar surface area (TPSA) is 12.0 Å². The predicted octanol–water partition coefficient (Wildman–Crippen LogP) is 5.88. The van der Waals surface area contributed by atoms with E-state index in [1.54, 1.807) is 0 Å². The van der Waals surface area contributed by atoms with Crippen LogP contribution in [0.2, 0.25) is 0 Å². The van der Waals surface area contributed by atoms with Crippen molar-refractivity contribution in [3.63, 3.8) is 0 Å². The number of thiophene rings is 1. The van der Waals surface area contributed by atoms with Gasteiger partial charge < -0.3 is 5.32 Å². The van der Waals surface area contributed by atoms with Crippen molar-refractivity contribution in [2.45, 2.75) is 65.8 Å². The molecular weight excluding hydrogens is 342 g/mol. The zero-order valence-corrected chi connectivity index (χ0v) is 16.3. The summed E-state index contributed by atoms with van der Waals surface area (Å²) in [6, 6.07) is 5.20. The van der Waals surface area contributed by atoms with Gasteiger partial charge in [-0.05, 0) is 84.0 Å². The Kier molecular flexibility index (Phi) is 6.34. The fraction of sp³-hybridized carbons (Fsp3) is 0.778. The molecule has 1 aliphatic rings. The van der Waals surface area contributed by atoms with Gasteiger partial charge in [0.25, 0.3) is 0 Å². The smallest absolute Gasteiger partial charge is 0.0701 e. The van der Waals surface area contributed by atoms with Crippen LogP contribution in [0.3, 0.4) is 0 Å². The number of hydrogen-bond donors (Lipinski definition) is 1. The third-order valence-electron chi connectivity index (χ3n) is 4.96. The zero-order valence-electron chi connectivity index (χ0n) is 13.9. The highest BCUT2D eigenvalue weighted by Gasteiger charge is 2.35. The maximum absolute atomic E-state index is 3.81. The number of rotatable bonds is 5. The molecule has 0 aliphatic heterocycles. The fourth-order valence-electron chi connectivity index (χ4n) is 3.59. The second-order valence-electron chi connectivity index (χ2n) is 7.61. The van der Waals surface area contributed by atoms with Gasteiger partial charge in [-0.15, -0.1) is 11.3 Å². The van der Waals surface area contributed by atoms with E-state index in [1.165, 1.54) is 40.8 Å². The summed E-state index contributed by atoms with van der Waals surface area (Å²) in [5.41, 5.74) is 0.448. The number of nitrogens with one attached hydrogen (secondary N) is 1. The van der Waals surface area contributed by atoms with Crippen LogP contribution in [-0.2, 0) is 6.42 Å². The first-order valence-electron chi connectivity index (χ1n) is 8.37. The van der Waals surface area contributed by atoms with Gasteiger partial charge in [-0.3, -0.25) is 0 Å².